The zero-order chi connectivity index (χ0) is 11.7. The van der Waals surface area contributed by atoms with Crippen LogP contribution in [-0.4, -0.2) is 36.1 Å². The van der Waals surface area contributed by atoms with Crippen LogP contribution in [0.3, 0.4) is 0 Å². The third kappa shape index (κ3) is 2.64. The predicted octanol–water partition coefficient (Wildman–Crippen LogP) is 2.76. The minimum atomic E-state index is 0.101. The fourth-order valence-corrected chi connectivity index (χ4v) is 3.08. The van der Waals surface area contributed by atoms with Gasteiger partial charge in [-0.3, -0.25) is 4.79 Å². The van der Waals surface area contributed by atoms with E-state index < -0.39 is 0 Å². The number of ether oxygens (including phenoxy) is 1. The molecule has 88 valence electrons. The molecule has 1 aromatic heterocycles. The Labute approximate surface area is 108 Å². The molecule has 2 rings (SSSR count). The molecule has 1 aliphatic rings. The van der Waals surface area contributed by atoms with Crippen LogP contribution in [0.5, 0.6) is 0 Å². The maximum Gasteiger partial charge on any atom is 0.254 e. The number of hydrogen-bond donors (Lipinski definition) is 0. The van der Waals surface area contributed by atoms with Crippen molar-refractivity contribution in [1.29, 1.82) is 0 Å². The first kappa shape index (κ1) is 12.1. The smallest absolute Gasteiger partial charge is 0.254 e. The highest BCUT2D eigenvalue weighted by Gasteiger charge is 2.26. The third-order valence-corrected chi connectivity index (χ3v) is 4.03. The number of nitrogens with zero attached hydrogens (tertiary/aromatic N) is 1. The van der Waals surface area contributed by atoms with Gasteiger partial charge in [0.25, 0.3) is 5.91 Å². The van der Waals surface area contributed by atoms with Crippen molar-refractivity contribution < 1.29 is 9.53 Å². The van der Waals surface area contributed by atoms with Crippen LogP contribution in [0, 0.1) is 0 Å². The standard InChI is InChI=1S/C11H14BrNO2S/c1-7-4-13(5-8(2)15-7)11(14)9-3-10(12)16-6-9/h3,6-8H,4-5H2,1-2H3/t7-,8+. The summed E-state index contributed by atoms with van der Waals surface area (Å²) in [5.41, 5.74) is 0.762. The molecule has 5 heteroatoms. The average Bonchev–Trinajstić information content (AvgIpc) is 2.62. The summed E-state index contributed by atoms with van der Waals surface area (Å²) in [7, 11) is 0. The topological polar surface area (TPSA) is 29.5 Å². The molecule has 16 heavy (non-hydrogen) atoms. The van der Waals surface area contributed by atoms with Gasteiger partial charge in [0.2, 0.25) is 0 Å². The monoisotopic (exact) mass is 303 g/mol. The molecule has 0 bridgehead atoms. The van der Waals surface area contributed by atoms with Crippen molar-refractivity contribution in [3.63, 3.8) is 0 Å². The first-order chi connectivity index (χ1) is 7.56. The number of rotatable bonds is 1. The van der Waals surface area contributed by atoms with Crippen LogP contribution in [-0.2, 0) is 4.74 Å². The maximum atomic E-state index is 12.2. The van der Waals surface area contributed by atoms with Crippen molar-refractivity contribution in [2.24, 2.45) is 0 Å². The molecular formula is C11H14BrNO2S. The second kappa shape index (κ2) is 4.85. The zero-order valence-electron chi connectivity index (χ0n) is 9.27. The molecule has 1 amide bonds. The number of carbonyl (C=O) groups excluding carboxylic acids is 1. The normalized spacial score (nSPS) is 25.8. The first-order valence-corrected chi connectivity index (χ1v) is 6.92. The Balaban J connectivity index is 2.09. The lowest BCUT2D eigenvalue weighted by atomic mass is 10.2. The van der Waals surface area contributed by atoms with E-state index in [2.05, 4.69) is 15.9 Å². The van der Waals surface area contributed by atoms with Crippen LogP contribution in [0.2, 0.25) is 0 Å². The first-order valence-electron chi connectivity index (χ1n) is 5.25. The second-order valence-corrected chi connectivity index (χ2v) is 6.40. The fraction of sp³-hybridized carbons (Fsp3) is 0.545. The van der Waals surface area contributed by atoms with Gasteiger partial charge in [0.1, 0.15) is 0 Å². The van der Waals surface area contributed by atoms with E-state index in [1.165, 1.54) is 11.3 Å². The molecule has 0 unspecified atom stereocenters. The predicted molar refractivity (Wildman–Crippen MR) is 67.9 cm³/mol. The highest BCUT2D eigenvalue weighted by Crippen LogP contribution is 2.23. The van der Waals surface area contributed by atoms with Gasteiger partial charge in [-0.05, 0) is 35.8 Å². The summed E-state index contributed by atoms with van der Waals surface area (Å²) < 4.78 is 6.60. The molecule has 2 atom stereocenters. The van der Waals surface area contributed by atoms with Gasteiger partial charge in [-0.15, -0.1) is 11.3 Å². The van der Waals surface area contributed by atoms with Gasteiger partial charge in [0, 0.05) is 18.5 Å². The van der Waals surface area contributed by atoms with Gasteiger partial charge in [0.15, 0.2) is 0 Å². The second-order valence-electron chi connectivity index (χ2n) is 4.11. The van der Waals surface area contributed by atoms with Gasteiger partial charge in [-0.2, -0.15) is 0 Å². The van der Waals surface area contributed by atoms with E-state index in [0.717, 1.165) is 9.35 Å². The minimum absolute atomic E-state index is 0.101. The maximum absolute atomic E-state index is 12.2. The average molecular weight is 304 g/mol. The zero-order valence-corrected chi connectivity index (χ0v) is 11.7. The van der Waals surface area contributed by atoms with Crippen molar-refractivity contribution in [1.82, 2.24) is 4.90 Å². The van der Waals surface area contributed by atoms with E-state index in [0.29, 0.717) is 13.1 Å². The fourth-order valence-electron chi connectivity index (χ4n) is 1.95. The van der Waals surface area contributed by atoms with Crippen molar-refractivity contribution >= 4 is 33.2 Å². The Kier molecular flexibility index (Phi) is 3.66. The number of amides is 1. The molecule has 0 N–H and O–H groups in total. The Bertz CT molecular complexity index is 383. The molecule has 0 aliphatic carbocycles. The summed E-state index contributed by atoms with van der Waals surface area (Å²) in [6.07, 6.45) is 0.240. The lowest BCUT2D eigenvalue weighted by molar-refractivity contribution is -0.0586. The molecule has 1 fully saturated rings. The number of morpholine rings is 1. The summed E-state index contributed by atoms with van der Waals surface area (Å²) in [4.78, 5) is 14.0. The molecule has 3 nitrogen and oxygen atoms in total. The van der Waals surface area contributed by atoms with Crippen LogP contribution in [0.25, 0.3) is 0 Å². The summed E-state index contributed by atoms with van der Waals surface area (Å²) in [6.45, 7) is 5.35. The lowest BCUT2D eigenvalue weighted by Crippen LogP contribution is -2.48. The van der Waals surface area contributed by atoms with E-state index >= 15 is 0 Å². The van der Waals surface area contributed by atoms with Crippen LogP contribution in [0.15, 0.2) is 15.2 Å². The molecule has 0 saturated carbocycles. The molecular weight excluding hydrogens is 290 g/mol. The Morgan fingerprint density at radius 2 is 2.12 bits per heavy atom. The molecule has 0 radical (unpaired) electrons. The molecule has 1 aliphatic heterocycles. The Morgan fingerprint density at radius 1 is 1.50 bits per heavy atom. The van der Waals surface area contributed by atoms with Crippen LogP contribution in [0.4, 0.5) is 0 Å². The van der Waals surface area contributed by atoms with Gasteiger partial charge in [-0.25, -0.2) is 0 Å². The van der Waals surface area contributed by atoms with E-state index in [9.17, 15) is 4.79 Å². The van der Waals surface area contributed by atoms with Crippen LogP contribution >= 0.6 is 27.3 Å². The van der Waals surface area contributed by atoms with E-state index in [1.54, 1.807) is 0 Å². The SMILES string of the molecule is C[C@@H]1CN(C(=O)c2csc(Br)c2)C[C@H](C)O1. The Hall–Kier alpha value is -0.390. The van der Waals surface area contributed by atoms with E-state index in [4.69, 9.17) is 4.74 Å². The van der Waals surface area contributed by atoms with Crippen molar-refractivity contribution in [3.8, 4) is 0 Å². The number of hydrogen-bond acceptors (Lipinski definition) is 3. The van der Waals surface area contributed by atoms with Crippen LogP contribution in [0.1, 0.15) is 24.2 Å². The van der Waals surface area contributed by atoms with Crippen LogP contribution < -0.4 is 0 Å². The van der Waals surface area contributed by atoms with Gasteiger partial charge in [-0.1, -0.05) is 0 Å². The van der Waals surface area contributed by atoms with Crippen molar-refractivity contribution in [2.45, 2.75) is 26.1 Å². The van der Waals surface area contributed by atoms with Gasteiger partial charge < -0.3 is 9.64 Å². The van der Waals surface area contributed by atoms with Gasteiger partial charge >= 0.3 is 0 Å². The molecule has 2 heterocycles. The van der Waals surface area contributed by atoms with Gasteiger partial charge in [0.05, 0.1) is 21.6 Å². The molecule has 1 aromatic rings. The molecule has 0 spiro atoms. The molecule has 1 saturated heterocycles. The summed E-state index contributed by atoms with van der Waals surface area (Å²) >= 11 is 4.91. The number of carbonyl (C=O) groups is 1. The summed E-state index contributed by atoms with van der Waals surface area (Å²) in [6, 6.07) is 1.87. The third-order valence-electron chi connectivity index (χ3n) is 2.52. The van der Waals surface area contributed by atoms with Crippen molar-refractivity contribution in [3.05, 3.63) is 20.8 Å². The number of thiophene rings is 1. The summed E-state index contributed by atoms with van der Waals surface area (Å²) in [5, 5.41) is 1.89. The highest BCUT2D eigenvalue weighted by atomic mass is 79.9. The largest absolute Gasteiger partial charge is 0.372 e. The number of halogens is 1. The highest BCUT2D eigenvalue weighted by molar-refractivity contribution is 9.11. The van der Waals surface area contributed by atoms with E-state index in [-0.39, 0.29) is 18.1 Å². The van der Waals surface area contributed by atoms with E-state index in [1.807, 2.05) is 30.2 Å². The van der Waals surface area contributed by atoms with Crippen molar-refractivity contribution in [2.75, 3.05) is 13.1 Å². The Morgan fingerprint density at radius 3 is 2.62 bits per heavy atom. The lowest BCUT2D eigenvalue weighted by Gasteiger charge is -2.35. The quantitative estimate of drug-likeness (QED) is 0.798. The minimum Gasteiger partial charge on any atom is -0.372 e. The summed E-state index contributed by atoms with van der Waals surface area (Å²) in [5.74, 6) is 0.101. The molecule has 0 aromatic carbocycles.